The summed E-state index contributed by atoms with van der Waals surface area (Å²) in [5.41, 5.74) is 4.67. The van der Waals surface area contributed by atoms with E-state index in [1.165, 1.54) is 66.7 Å². The van der Waals surface area contributed by atoms with Gasteiger partial charge >= 0.3 is 0 Å². The molecule has 27 heteroatoms. The number of benzene rings is 5. The van der Waals surface area contributed by atoms with Gasteiger partial charge in [0.25, 0.3) is 20.2 Å². The van der Waals surface area contributed by atoms with E-state index in [-0.39, 0.29) is 131 Å². The highest BCUT2D eigenvalue weighted by Gasteiger charge is 2.29. The molecular formula is C58H83N3O19S5. The Balaban J connectivity index is 0.000000473. The lowest BCUT2D eigenvalue weighted by Gasteiger charge is -2.28. The van der Waals surface area contributed by atoms with Crippen molar-refractivity contribution in [2.75, 3.05) is 105 Å². The molecule has 0 saturated carbocycles. The maximum absolute atomic E-state index is 13.3. The van der Waals surface area contributed by atoms with Crippen molar-refractivity contribution in [3.8, 4) is 0 Å². The Morgan fingerprint density at radius 2 is 0.812 bits per heavy atom. The van der Waals surface area contributed by atoms with E-state index in [9.17, 15) is 52.3 Å². The van der Waals surface area contributed by atoms with Crippen LogP contribution in [0.1, 0.15) is 35.2 Å². The van der Waals surface area contributed by atoms with Gasteiger partial charge in [0, 0.05) is 32.7 Å². The van der Waals surface area contributed by atoms with Crippen molar-refractivity contribution in [2.24, 2.45) is 0 Å². The largest absolute Gasteiger partial charge is 0.395 e. The molecule has 22 nitrogen and oxygen atoms in total. The first-order valence-corrected chi connectivity index (χ1v) is 33.5. The summed E-state index contributed by atoms with van der Waals surface area (Å²) in [7, 11) is -19.2. The van der Waals surface area contributed by atoms with Crippen LogP contribution in [0, 0.1) is 34.6 Å². The summed E-state index contributed by atoms with van der Waals surface area (Å²) < 4.78 is 162. The van der Waals surface area contributed by atoms with Crippen LogP contribution in [0.3, 0.4) is 0 Å². The number of rotatable bonds is 36. The van der Waals surface area contributed by atoms with Crippen molar-refractivity contribution in [3.63, 3.8) is 0 Å². The third-order valence-corrected chi connectivity index (χ3v) is 19.5. The number of sulfonamides is 3. The molecule has 0 aliphatic rings. The van der Waals surface area contributed by atoms with Gasteiger partial charge in [-0.1, -0.05) is 108 Å². The Bertz CT molecular complexity index is 3320. The molecule has 0 spiro atoms. The Morgan fingerprint density at radius 3 is 1.22 bits per heavy atom. The first kappa shape index (κ1) is 75.9. The van der Waals surface area contributed by atoms with Crippen LogP contribution in [0.15, 0.2) is 171 Å². The van der Waals surface area contributed by atoms with Crippen LogP contribution >= 0.6 is 0 Å². The van der Waals surface area contributed by atoms with Crippen LogP contribution in [0.25, 0.3) is 0 Å². The van der Waals surface area contributed by atoms with Crippen molar-refractivity contribution in [1.29, 1.82) is 0 Å². The number of aliphatic hydroxyl groups is 3. The normalized spacial score (nSPS) is 12.7. The highest BCUT2D eigenvalue weighted by atomic mass is 32.2. The summed E-state index contributed by atoms with van der Waals surface area (Å²) in [6.07, 6.45) is 1.56. The van der Waals surface area contributed by atoms with E-state index in [0.717, 1.165) is 36.4 Å². The standard InChI is InChI=1S/C26H38N2O8S2.C22H28O8S2.C9H13NO3S.CH4/c1-4-18-35-21-24(20-28(14-17-30)38(33,34)26-11-7-23(3)8-12-26)36-19-15-27(13-16-29)37(31,32)25-9-5-22(2)6-10-25;1-4-13-27-16-20(17-30-32(25,26)22-11-7-19(3)8-12-22)28-14-15-29-31(23,24)21-9-5-18(2)6-10-21;1-8-2-4-9(5-3-8)14(12,13)10-6-7-11;/h4-12,24,29-30H,1,13-21H2,2-3H3;4-12,20H,1,13-17H2,2-3H3;2-5,10-11H,6-7H2,1H3;1H4. The van der Waals surface area contributed by atoms with Gasteiger partial charge in [0.1, 0.15) is 6.10 Å². The molecule has 474 valence electrons. The molecule has 0 bridgehead atoms. The highest BCUT2D eigenvalue weighted by molar-refractivity contribution is 7.90. The third-order valence-electron chi connectivity index (χ3n) is 11.6. The van der Waals surface area contributed by atoms with Gasteiger partial charge < -0.3 is 34.3 Å². The molecule has 85 heavy (non-hydrogen) atoms. The van der Waals surface area contributed by atoms with Crippen LogP contribution in [0.2, 0.25) is 0 Å². The van der Waals surface area contributed by atoms with E-state index in [2.05, 4.69) is 17.9 Å². The number of nitrogens with one attached hydrogen (secondary N) is 1. The lowest BCUT2D eigenvalue weighted by Crippen LogP contribution is -2.43. The number of hydrogen-bond acceptors (Lipinski definition) is 19. The van der Waals surface area contributed by atoms with Crippen molar-refractivity contribution in [3.05, 3.63) is 174 Å². The second-order valence-electron chi connectivity index (χ2n) is 18.6. The lowest BCUT2D eigenvalue weighted by molar-refractivity contribution is -0.0382. The minimum absolute atomic E-state index is 0. The van der Waals surface area contributed by atoms with E-state index < -0.39 is 69.1 Å². The van der Waals surface area contributed by atoms with E-state index in [1.807, 2.05) is 34.6 Å². The highest BCUT2D eigenvalue weighted by Crippen LogP contribution is 2.20. The van der Waals surface area contributed by atoms with Gasteiger partial charge in [-0.3, -0.25) is 8.37 Å². The summed E-state index contributed by atoms with van der Waals surface area (Å²) in [6.45, 7) is 14.7. The van der Waals surface area contributed by atoms with E-state index in [0.29, 0.717) is 0 Å². The fourth-order valence-corrected chi connectivity index (χ4v) is 12.8. The van der Waals surface area contributed by atoms with E-state index >= 15 is 0 Å². The molecule has 0 radical (unpaired) electrons. The van der Waals surface area contributed by atoms with Crippen molar-refractivity contribution >= 4 is 50.3 Å². The van der Waals surface area contributed by atoms with Gasteiger partial charge in [0.2, 0.25) is 30.1 Å². The van der Waals surface area contributed by atoms with Gasteiger partial charge in [-0.05, 0) is 95.3 Å². The Hall–Kier alpha value is -5.15. The zero-order chi connectivity index (χ0) is 62.4. The number of aryl methyl sites for hydroxylation is 5. The molecule has 2 unspecified atom stereocenters. The summed E-state index contributed by atoms with van der Waals surface area (Å²) in [5, 5.41) is 27.5. The zero-order valence-electron chi connectivity index (χ0n) is 47.9. The minimum Gasteiger partial charge on any atom is -0.395 e. The Morgan fingerprint density at radius 1 is 0.447 bits per heavy atom. The second-order valence-corrected chi connectivity index (χ2v) is 27.4. The first-order valence-electron chi connectivity index (χ1n) is 26.3. The molecule has 2 atom stereocenters. The summed E-state index contributed by atoms with van der Waals surface area (Å²) >= 11 is 0. The average molecular weight is 1290 g/mol. The minimum atomic E-state index is -3.98. The van der Waals surface area contributed by atoms with Crippen LogP contribution in [-0.4, -0.2) is 184 Å². The van der Waals surface area contributed by atoms with Crippen LogP contribution in [0.5, 0.6) is 0 Å². The quantitative estimate of drug-likeness (QED) is 0.0220. The summed E-state index contributed by atoms with van der Waals surface area (Å²) in [6, 6.07) is 31.8. The van der Waals surface area contributed by atoms with Gasteiger partial charge in [-0.25, -0.2) is 30.0 Å². The average Bonchev–Trinajstić information content (AvgIpc) is 3.35. The molecule has 4 N–H and O–H groups in total. The molecule has 5 rings (SSSR count). The lowest BCUT2D eigenvalue weighted by atomic mass is 10.2. The summed E-state index contributed by atoms with van der Waals surface area (Å²) in [5.74, 6) is 0. The maximum atomic E-state index is 13.3. The van der Waals surface area contributed by atoms with Crippen LogP contribution in [0.4, 0.5) is 0 Å². The number of hydrogen-bond donors (Lipinski definition) is 4. The van der Waals surface area contributed by atoms with Crippen molar-refractivity contribution in [2.45, 2.75) is 78.7 Å². The molecule has 0 fully saturated rings. The third kappa shape index (κ3) is 26.8. The smallest absolute Gasteiger partial charge is 0.297 e. The van der Waals surface area contributed by atoms with Crippen molar-refractivity contribution < 1.29 is 84.7 Å². The number of ether oxygens (including phenoxy) is 4. The Kier molecular flexibility index (Phi) is 34.1. The monoisotopic (exact) mass is 1290 g/mol. The van der Waals surface area contributed by atoms with E-state index in [4.69, 9.17) is 32.4 Å². The molecule has 0 saturated heterocycles. The van der Waals surface area contributed by atoms with Crippen LogP contribution < -0.4 is 4.72 Å². The zero-order valence-corrected chi connectivity index (χ0v) is 52.0. The number of aliphatic hydroxyl groups excluding tert-OH is 3. The molecule has 5 aromatic carbocycles. The van der Waals surface area contributed by atoms with Crippen LogP contribution in [-0.2, 0) is 77.6 Å². The van der Waals surface area contributed by atoms with Gasteiger partial charge in [0.05, 0.1) is 103 Å². The maximum Gasteiger partial charge on any atom is 0.297 e. The predicted octanol–water partition coefficient (Wildman–Crippen LogP) is 5.46. The van der Waals surface area contributed by atoms with E-state index in [1.54, 1.807) is 66.7 Å². The molecule has 0 amide bonds. The predicted molar refractivity (Wildman–Crippen MR) is 324 cm³/mol. The molecule has 0 aliphatic carbocycles. The fraction of sp³-hybridized carbons (Fsp3) is 0.414. The SMILES string of the molecule is C.C=CCOCC(CN(CCO)S(=O)(=O)c1ccc(C)cc1)OCCN(CCO)S(=O)(=O)c1ccc(C)cc1.C=CCOCC(COS(=O)(=O)c1ccc(C)cc1)OCCOS(=O)(=O)c1ccc(C)cc1.Cc1ccc(S(=O)(=O)NCCO)cc1. The van der Waals surface area contributed by atoms with Gasteiger partial charge in [-0.15, -0.1) is 13.2 Å². The molecule has 0 heterocycles. The molecular weight excluding hydrogens is 1200 g/mol. The topological polar surface area (TPSA) is 305 Å². The van der Waals surface area contributed by atoms with Gasteiger partial charge in [0.15, 0.2) is 0 Å². The molecule has 5 aromatic rings. The molecule has 0 aromatic heterocycles. The van der Waals surface area contributed by atoms with Gasteiger partial charge in [-0.2, -0.15) is 25.4 Å². The summed E-state index contributed by atoms with van der Waals surface area (Å²) in [4.78, 5) is 0.473. The number of nitrogens with zero attached hydrogens (tertiary/aromatic N) is 2. The Labute approximate surface area is 504 Å². The van der Waals surface area contributed by atoms with Crippen molar-refractivity contribution in [1.82, 2.24) is 13.3 Å². The first-order chi connectivity index (χ1) is 39.8. The fourth-order valence-electron chi connectivity index (χ4n) is 7.07. The second kappa shape index (κ2) is 38.2. The molecule has 0 aliphatic heterocycles.